The number of hydrogen-bond acceptors (Lipinski definition) is 4. The van der Waals surface area contributed by atoms with Crippen molar-refractivity contribution >= 4 is 23.3 Å². The summed E-state index contributed by atoms with van der Waals surface area (Å²) in [6.45, 7) is 1.91. The van der Waals surface area contributed by atoms with Gasteiger partial charge in [0.15, 0.2) is 4.77 Å². The molecule has 0 spiro atoms. The highest BCUT2D eigenvalue weighted by molar-refractivity contribution is 7.71. The summed E-state index contributed by atoms with van der Waals surface area (Å²) in [7, 11) is 0. The molecule has 1 N–H and O–H groups in total. The predicted molar refractivity (Wildman–Crippen MR) is 47.3 cm³/mol. The van der Waals surface area contributed by atoms with Gasteiger partial charge in [-0.05, 0) is 19.1 Å². The van der Waals surface area contributed by atoms with Crippen LogP contribution in [-0.2, 0) is 0 Å². The van der Waals surface area contributed by atoms with E-state index in [1.807, 2.05) is 6.92 Å². The van der Waals surface area contributed by atoms with Crippen LogP contribution in [0.2, 0.25) is 0 Å². The van der Waals surface area contributed by atoms with Crippen molar-refractivity contribution in [3.63, 3.8) is 0 Å². The molecule has 0 saturated heterocycles. The van der Waals surface area contributed by atoms with Crippen molar-refractivity contribution in [1.82, 2.24) is 19.9 Å². The molecule has 0 radical (unpaired) electrons. The number of hydrogen-bond donors (Lipinski definition) is 1. The van der Waals surface area contributed by atoms with Gasteiger partial charge in [-0.15, -0.1) is 0 Å². The molecule has 2 aromatic rings. The molecule has 0 aromatic carbocycles. The normalized spacial score (nSPS) is 10.4. The minimum absolute atomic E-state index is 0.467. The second-order valence-corrected chi connectivity index (χ2v) is 2.81. The number of aromatic amines is 1. The molecule has 0 unspecified atom stereocenters. The highest BCUT2D eigenvalue weighted by Crippen LogP contribution is 2.08. The van der Waals surface area contributed by atoms with Crippen molar-refractivity contribution in [2.24, 2.45) is 0 Å². The van der Waals surface area contributed by atoms with Crippen molar-refractivity contribution < 1.29 is 0 Å². The maximum atomic E-state index is 4.90. The van der Waals surface area contributed by atoms with Gasteiger partial charge in [0.05, 0.1) is 6.20 Å². The van der Waals surface area contributed by atoms with Gasteiger partial charge in [-0.3, -0.25) is 0 Å². The molecule has 60 valence electrons. The number of aromatic nitrogens is 4. The van der Waals surface area contributed by atoms with Gasteiger partial charge >= 0.3 is 0 Å². The fourth-order valence-electron chi connectivity index (χ4n) is 1.05. The van der Waals surface area contributed by atoms with Gasteiger partial charge in [0.2, 0.25) is 0 Å². The topological polar surface area (TPSA) is 54.5 Å². The third-order valence-corrected chi connectivity index (χ3v) is 1.76. The highest BCUT2D eigenvalue weighted by Gasteiger charge is 1.98. The number of nitrogens with one attached hydrogen (secondary N) is 1. The summed E-state index contributed by atoms with van der Waals surface area (Å²) < 4.78 is 0.467. The van der Waals surface area contributed by atoms with E-state index in [9.17, 15) is 0 Å². The van der Waals surface area contributed by atoms with Crippen LogP contribution in [0.3, 0.4) is 0 Å². The lowest BCUT2D eigenvalue weighted by atomic mass is 10.3. The lowest BCUT2D eigenvalue weighted by molar-refractivity contribution is 1.08. The smallest absolute Gasteiger partial charge is 0.197 e. The fraction of sp³-hybridized carbons (Fsp3) is 0.143. The van der Waals surface area contributed by atoms with Crippen molar-refractivity contribution in [3.8, 4) is 0 Å². The quantitative estimate of drug-likeness (QED) is 0.619. The SMILES string of the molecule is Cc1[nH]c(=S)nc2cncnc12. The van der Waals surface area contributed by atoms with Gasteiger partial charge in [0.1, 0.15) is 17.4 Å². The Hall–Kier alpha value is -1.36. The number of rotatable bonds is 0. The Balaban J connectivity index is 2.99. The largest absolute Gasteiger partial charge is 0.333 e. The summed E-state index contributed by atoms with van der Waals surface area (Å²) in [5, 5.41) is 0. The standard InChI is InChI=1S/C7H6N4S/c1-4-6-5(2-8-3-9-6)11-7(12)10-4/h2-3H,1H3,(H,10,11,12). The summed E-state index contributed by atoms with van der Waals surface area (Å²) >= 11 is 4.90. The molecule has 12 heavy (non-hydrogen) atoms. The van der Waals surface area contributed by atoms with Crippen LogP contribution in [0, 0.1) is 11.7 Å². The fourth-order valence-corrected chi connectivity index (χ4v) is 1.30. The number of fused-ring (bicyclic) bond motifs is 1. The lowest BCUT2D eigenvalue weighted by Crippen LogP contribution is -1.92. The van der Waals surface area contributed by atoms with Gasteiger partial charge in [0, 0.05) is 5.69 Å². The molecule has 0 atom stereocenters. The average Bonchev–Trinajstić information content (AvgIpc) is 2.04. The second-order valence-electron chi connectivity index (χ2n) is 2.42. The molecule has 4 nitrogen and oxygen atoms in total. The Kier molecular flexibility index (Phi) is 1.58. The molecule has 0 saturated carbocycles. The summed E-state index contributed by atoms with van der Waals surface area (Å²) in [6, 6.07) is 0. The van der Waals surface area contributed by atoms with E-state index in [2.05, 4.69) is 19.9 Å². The van der Waals surface area contributed by atoms with Crippen LogP contribution in [0.1, 0.15) is 5.69 Å². The number of H-pyrrole nitrogens is 1. The Morgan fingerprint density at radius 1 is 1.50 bits per heavy atom. The van der Waals surface area contributed by atoms with E-state index in [1.165, 1.54) is 6.33 Å². The Labute approximate surface area is 73.7 Å². The van der Waals surface area contributed by atoms with Crippen LogP contribution < -0.4 is 0 Å². The summed E-state index contributed by atoms with van der Waals surface area (Å²) in [5.74, 6) is 0. The first kappa shape index (κ1) is 7.30. The third kappa shape index (κ3) is 1.08. The average molecular weight is 178 g/mol. The first-order valence-electron chi connectivity index (χ1n) is 3.44. The van der Waals surface area contributed by atoms with E-state index in [1.54, 1.807) is 6.20 Å². The van der Waals surface area contributed by atoms with Crippen molar-refractivity contribution in [3.05, 3.63) is 23.0 Å². The number of aryl methyl sites for hydroxylation is 1. The van der Waals surface area contributed by atoms with Crippen LogP contribution in [0.4, 0.5) is 0 Å². The highest BCUT2D eigenvalue weighted by atomic mass is 32.1. The monoisotopic (exact) mass is 178 g/mol. The maximum absolute atomic E-state index is 4.90. The molecule has 5 heteroatoms. The molecule has 2 aromatic heterocycles. The van der Waals surface area contributed by atoms with Gasteiger partial charge in [-0.25, -0.2) is 15.0 Å². The molecule has 0 bridgehead atoms. The summed E-state index contributed by atoms with van der Waals surface area (Å²) in [4.78, 5) is 14.9. The summed E-state index contributed by atoms with van der Waals surface area (Å²) in [5.41, 5.74) is 2.48. The first-order chi connectivity index (χ1) is 5.77. The molecule has 2 heterocycles. The lowest BCUT2D eigenvalue weighted by Gasteiger charge is -1.97. The Morgan fingerprint density at radius 3 is 3.17 bits per heavy atom. The van der Waals surface area contributed by atoms with Crippen molar-refractivity contribution in [2.45, 2.75) is 6.92 Å². The van der Waals surface area contributed by atoms with Gasteiger partial charge in [-0.1, -0.05) is 0 Å². The molecule has 2 rings (SSSR count). The summed E-state index contributed by atoms with van der Waals surface area (Å²) in [6.07, 6.45) is 3.15. The molecular weight excluding hydrogens is 172 g/mol. The predicted octanol–water partition coefficient (Wildman–Crippen LogP) is 1.39. The van der Waals surface area contributed by atoms with Gasteiger partial charge in [-0.2, -0.15) is 0 Å². The zero-order valence-corrected chi connectivity index (χ0v) is 7.22. The van der Waals surface area contributed by atoms with E-state index in [0.717, 1.165) is 16.7 Å². The Bertz CT molecular complexity index is 476. The van der Waals surface area contributed by atoms with Crippen molar-refractivity contribution in [1.29, 1.82) is 0 Å². The minimum atomic E-state index is 0.467. The third-order valence-electron chi connectivity index (χ3n) is 1.56. The van der Waals surface area contributed by atoms with Crippen molar-refractivity contribution in [2.75, 3.05) is 0 Å². The first-order valence-corrected chi connectivity index (χ1v) is 3.85. The molecule has 0 fully saturated rings. The van der Waals surface area contributed by atoms with E-state index >= 15 is 0 Å². The Morgan fingerprint density at radius 2 is 2.33 bits per heavy atom. The molecule has 0 aliphatic heterocycles. The number of nitrogens with zero attached hydrogens (tertiary/aromatic N) is 3. The zero-order chi connectivity index (χ0) is 8.55. The van der Waals surface area contributed by atoms with E-state index in [0.29, 0.717) is 4.77 Å². The van der Waals surface area contributed by atoms with Gasteiger partial charge < -0.3 is 4.98 Å². The van der Waals surface area contributed by atoms with Gasteiger partial charge in [0.25, 0.3) is 0 Å². The minimum Gasteiger partial charge on any atom is -0.333 e. The van der Waals surface area contributed by atoms with Crippen LogP contribution in [0.25, 0.3) is 11.0 Å². The van der Waals surface area contributed by atoms with E-state index in [4.69, 9.17) is 12.2 Å². The molecular formula is C7H6N4S. The molecule has 0 aliphatic carbocycles. The zero-order valence-electron chi connectivity index (χ0n) is 6.40. The maximum Gasteiger partial charge on any atom is 0.197 e. The van der Waals surface area contributed by atoms with Crippen LogP contribution in [-0.4, -0.2) is 19.9 Å². The van der Waals surface area contributed by atoms with E-state index in [-0.39, 0.29) is 0 Å². The van der Waals surface area contributed by atoms with Crippen LogP contribution in [0.5, 0.6) is 0 Å². The molecule has 0 amide bonds. The van der Waals surface area contributed by atoms with Crippen LogP contribution in [0.15, 0.2) is 12.5 Å². The second kappa shape index (κ2) is 2.60. The molecule has 0 aliphatic rings. The van der Waals surface area contributed by atoms with Crippen LogP contribution >= 0.6 is 12.2 Å². The van der Waals surface area contributed by atoms with E-state index < -0.39 is 0 Å².